The first-order chi connectivity index (χ1) is 12.8. The summed E-state index contributed by atoms with van der Waals surface area (Å²) in [5.74, 6) is -1.20. The number of nitrogens with one attached hydrogen (secondary N) is 1. The Hall–Kier alpha value is -3.04. The van der Waals surface area contributed by atoms with Gasteiger partial charge in [0.05, 0.1) is 11.1 Å². The summed E-state index contributed by atoms with van der Waals surface area (Å²) in [7, 11) is 0. The predicted molar refractivity (Wildman–Crippen MR) is 87.2 cm³/mol. The summed E-state index contributed by atoms with van der Waals surface area (Å²) < 4.78 is 66.8. The largest absolute Gasteiger partial charge is 0.324 e. The molecule has 3 aromatic rings. The number of nitrogens with zero attached hydrogens (tertiary/aromatic N) is 3. The van der Waals surface area contributed by atoms with Crippen molar-refractivity contribution in [2.45, 2.75) is 26.3 Å². The molecule has 0 aliphatic rings. The van der Waals surface area contributed by atoms with Crippen molar-refractivity contribution < 1.29 is 26.7 Å². The summed E-state index contributed by atoms with van der Waals surface area (Å²) in [4.78, 5) is 15.9. The average molecular weight is 384 g/mol. The van der Waals surface area contributed by atoms with Crippen molar-refractivity contribution in [2.75, 3.05) is 5.32 Å². The fourth-order valence-corrected chi connectivity index (χ4v) is 2.70. The molecule has 0 spiro atoms. The monoisotopic (exact) mass is 384 g/mol. The number of fused-ring (bicyclic) bond motifs is 1. The summed E-state index contributed by atoms with van der Waals surface area (Å²) in [6, 6.07) is 5.77. The van der Waals surface area contributed by atoms with E-state index in [1.807, 2.05) is 0 Å². The highest BCUT2D eigenvalue weighted by molar-refractivity contribution is 5.92. The van der Waals surface area contributed by atoms with E-state index in [0.717, 1.165) is 10.7 Å². The van der Waals surface area contributed by atoms with Gasteiger partial charge in [-0.2, -0.15) is 5.10 Å². The third-order valence-corrected chi connectivity index (χ3v) is 3.79. The van der Waals surface area contributed by atoms with E-state index < -0.39 is 42.4 Å². The van der Waals surface area contributed by atoms with Crippen LogP contribution in [0.3, 0.4) is 0 Å². The van der Waals surface area contributed by atoms with Crippen molar-refractivity contribution >= 4 is 22.6 Å². The van der Waals surface area contributed by atoms with Gasteiger partial charge in [-0.3, -0.25) is 4.79 Å². The maximum atomic E-state index is 13.3. The van der Waals surface area contributed by atoms with Crippen molar-refractivity contribution in [1.29, 1.82) is 0 Å². The van der Waals surface area contributed by atoms with Crippen LogP contribution in [0, 0.1) is 12.7 Å². The van der Waals surface area contributed by atoms with E-state index in [1.54, 1.807) is 0 Å². The molecule has 0 saturated heterocycles. The number of aromatic nitrogens is 3. The molecule has 2 heterocycles. The zero-order valence-electron chi connectivity index (χ0n) is 13.9. The van der Waals surface area contributed by atoms with Gasteiger partial charge in [0, 0.05) is 11.3 Å². The highest BCUT2D eigenvalue weighted by Crippen LogP contribution is 2.32. The van der Waals surface area contributed by atoms with E-state index >= 15 is 0 Å². The molecular weight excluding hydrogens is 371 g/mol. The molecule has 1 N–H and O–H groups in total. The number of amides is 1. The predicted octanol–water partition coefficient (Wildman–Crippen LogP) is 4.39. The molecule has 2 aromatic heterocycles. The molecule has 3 rings (SSSR count). The number of carbonyl (C=O) groups is 1. The van der Waals surface area contributed by atoms with E-state index in [2.05, 4.69) is 15.4 Å². The Labute approximate surface area is 149 Å². The minimum atomic E-state index is -3.06. The van der Waals surface area contributed by atoms with Crippen LogP contribution in [0.5, 0.6) is 0 Å². The van der Waals surface area contributed by atoms with Gasteiger partial charge in [0.2, 0.25) is 5.91 Å². The van der Waals surface area contributed by atoms with Crippen LogP contribution in [0.2, 0.25) is 0 Å². The van der Waals surface area contributed by atoms with Crippen LogP contribution in [0.4, 0.5) is 27.6 Å². The van der Waals surface area contributed by atoms with Crippen LogP contribution in [0.1, 0.15) is 29.8 Å². The van der Waals surface area contributed by atoms with Crippen LogP contribution in [0.15, 0.2) is 30.3 Å². The molecular formula is C17H13F5N4O. The number of rotatable bonds is 5. The van der Waals surface area contributed by atoms with Crippen molar-refractivity contribution in [3.63, 3.8) is 0 Å². The van der Waals surface area contributed by atoms with Gasteiger partial charge in [-0.05, 0) is 31.2 Å². The number of benzene rings is 1. The molecule has 142 valence electrons. The van der Waals surface area contributed by atoms with Crippen LogP contribution in [-0.2, 0) is 11.3 Å². The molecule has 0 saturated carbocycles. The van der Waals surface area contributed by atoms with E-state index in [4.69, 9.17) is 0 Å². The van der Waals surface area contributed by atoms with Crippen molar-refractivity contribution in [3.05, 3.63) is 53.1 Å². The topological polar surface area (TPSA) is 59.8 Å². The van der Waals surface area contributed by atoms with Crippen LogP contribution in [-0.4, -0.2) is 20.7 Å². The van der Waals surface area contributed by atoms with Gasteiger partial charge in [0.15, 0.2) is 5.65 Å². The number of anilines is 1. The van der Waals surface area contributed by atoms with Crippen LogP contribution in [0.25, 0.3) is 11.0 Å². The minimum absolute atomic E-state index is 0.0760. The summed E-state index contributed by atoms with van der Waals surface area (Å²) >= 11 is 0. The second-order valence-electron chi connectivity index (χ2n) is 5.74. The van der Waals surface area contributed by atoms with Gasteiger partial charge in [-0.15, -0.1) is 0 Å². The van der Waals surface area contributed by atoms with Gasteiger partial charge < -0.3 is 5.32 Å². The maximum Gasteiger partial charge on any atom is 0.280 e. The average Bonchev–Trinajstić information content (AvgIpc) is 2.89. The second-order valence-corrected chi connectivity index (χ2v) is 5.74. The molecule has 0 bridgehead atoms. The Morgan fingerprint density at radius 3 is 2.56 bits per heavy atom. The molecule has 0 aliphatic heterocycles. The highest BCUT2D eigenvalue weighted by Gasteiger charge is 2.23. The Morgan fingerprint density at radius 2 is 1.93 bits per heavy atom. The summed E-state index contributed by atoms with van der Waals surface area (Å²) in [6.07, 6.45) is -6.07. The third kappa shape index (κ3) is 3.88. The van der Waals surface area contributed by atoms with Gasteiger partial charge >= 0.3 is 0 Å². The normalized spacial score (nSPS) is 11.6. The molecule has 0 unspecified atom stereocenters. The van der Waals surface area contributed by atoms with E-state index in [-0.39, 0.29) is 22.4 Å². The molecule has 0 aliphatic carbocycles. The Morgan fingerprint density at radius 1 is 1.19 bits per heavy atom. The first-order valence-corrected chi connectivity index (χ1v) is 7.76. The summed E-state index contributed by atoms with van der Waals surface area (Å²) in [5.41, 5.74) is -1.38. The van der Waals surface area contributed by atoms with Crippen LogP contribution < -0.4 is 5.32 Å². The smallest absolute Gasteiger partial charge is 0.280 e. The number of pyridine rings is 1. The van der Waals surface area contributed by atoms with E-state index in [1.165, 1.54) is 25.1 Å². The number of hydrogen-bond acceptors (Lipinski definition) is 3. The number of aryl methyl sites for hydroxylation is 1. The molecule has 0 radical (unpaired) electrons. The van der Waals surface area contributed by atoms with Crippen molar-refractivity contribution in [3.8, 4) is 0 Å². The SMILES string of the molecule is Cc1nn(CC(=O)Nc2cccc(F)c2)c2nc(C(F)F)cc(C(F)F)c12. The Kier molecular flexibility index (Phi) is 5.06. The highest BCUT2D eigenvalue weighted by atomic mass is 19.3. The lowest BCUT2D eigenvalue weighted by Crippen LogP contribution is -2.20. The first-order valence-electron chi connectivity index (χ1n) is 7.76. The minimum Gasteiger partial charge on any atom is -0.324 e. The number of carbonyl (C=O) groups excluding carboxylic acids is 1. The van der Waals surface area contributed by atoms with E-state index in [0.29, 0.717) is 6.07 Å². The van der Waals surface area contributed by atoms with Crippen LogP contribution >= 0.6 is 0 Å². The lowest BCUT2D eigenvalue weighted by molar-refractivity contribution is -0.116. The standard InChI is InChI=1S/C17H13F5N4O/c1-8-14-11(15(19)20)6-12(16(21)22)24-17(14)26(25-8)7-13(27)23-10-4-2-3-9(18)5-10/h2-6,15-16H,7H2,1H3,(H,23,27). The Bertz CT molecular complexity index is 1000. The quantitative estimate of drug-likeness (QED) is 0.664. The van der Waals surface area contributed by atoms with Crippen molar-refractivity contribution in [2.24, 2.45) is 0 Å². The molecule has 27 heavy (non-hydrogen) atoms. The van der Waals surface area contributed by atoms with Gasteiger partial charge in [0.1, 0.15) is 18.1 Å². The molecule has 5 nitrogen and oxygen atoms in total. The lowest BCUT2D eigenvalue weighted by atomic mass is 10.1. The van der Waals surface area contributed by atoms with Crippen molar-refractivity contribution in [1.82, 2.24) is 14.8 Å². The second kappa shape index (κ2) is 7.29. The molecule has 0 atom stereocenters. The first kappa shape index (κ1) is 18.7. The fourth-order valence-electron chi connectivity index (χ4n) is 2.70. The molecule has 1 aromatic carbocycles. The molecule has 0 fully saturated rings. The van der Waals surface area contributed by atoms with E-state index in [9.17, 15) is 26.7 Å². The number of alkyl halides is 4. The van der Waals surface area contributed by atoms with Gasteiger partial charge in [0.25, 0.3) is 12.9 Å². The number of hydrogen-bond donors (Lipinski definition) is 1. The third-order valence-electron chi connectivity index (χ3n) is 3.79. The zero-order valence-corrected chi connectivity index (χ0v) is 13.9. The maximum absolute atomic E-state index is 13.3. The zero-order chi connectivity index (χ0) is 19.7. The number of halogens is 5. The molecule has 10 heteroatoms. The van der Waals surface area contributed by atoms with Gasteiger partial charge in [-0.25, -0.2) is 31.6 Å². The summed E-state index contributed by atoms with van der Waals surface area (Å²) in [5, 5.41) is 6.31. The Balaban J connectivity index is 1.98. The van der Waals surface area contributed by atoms with Gasteiger partial charge in [-0.1, -0.05) is 6.07 Å². The fraction of sp³-hybridized carbons (Fsp3) is 0.235. The lowest BCUT2D eigenvalue weighted by Gasteiger charge is -2.08. The summed E-state index contributed by atoms with van der Waals surface area (Å²) in [6.45, 7) is 0.947. The molecule has 1 amide bonds.